The minimum atomic E-state index is -0.0833. The molecule has 1 radical (unpaired) electrons. The number of aliphatic hydroxyl groups excluding tert-OH is 1. The summed E-state index contributed by atoms with van der Waals surface area (Å²) < 4.78 is 0. The van der Waals surface area contributed by atoms with Crippen molar-refractivity contribution in [2.75, 3.05) is 0 Å². The maximum atomic E-state index is 7.75. The van der Waals surface area contributed by atoms with Gasteiger partial charge in [0.2, 0.25) is 0 Å². The molecule has 0 aromatic carbocycles. The zero-order chi connectivity index (χ0) is 3.58. The topological polar surface area (TPSA) is 20.2 Å². The molecule has 0 amide bonds. The van der Waals surface area contributed by atoms with Gasteiger partial charge in [-0.1, -0.05) is 0 Å². The fourth-order valence-electron chi connectivity index (χ4n) is 0. The number of hydrogen-bond donors (Lipinski definition) is 1. The van der Waals surface area contributed by atoms with Crippen LogP contribution in [0.4, 0.5) is 0 Å². The van der Waals surface area contributed by atoms with Gasteiger partial charge < -0.3 is 5.11 Å². The van der Waals surface area contributed by atoms with E-state index in [-0.39, 0.29) is 5.76 Å². The highest BCUT2D eigenvalue weighted by atomic mass is 16.3. The molecule has 0 unspecified atom stereocenters. The molecule has 0 saturated heterocycles. The highest BCUT2D eigenvalue weighted by Gasteiger charge is 1.54. The van der Waals surface area contributed by atoms with Crippen molar-refractivity contribution >= 4 is 0 Å². The monoisotopic (exact) mass is 57.0 g/mol. The summed E-state index contributed by atoms with van der Waals surface area (Å²) in [6.07, 6.45) is 0. The minimum Gasteiger partial charge on any atom is -0.513 e. The lowest BCUT2D eigenvalue weighted by Gasteiger charge is -1.67. The Hall–Kier alpha value is -0.460. The van der Waals surface area contributed by atoms with Crippen LogP contribution < -0.4 is 0 Å². The molecule has 1 N–H and O–H groups in total. The Kier molecular flexibility index (Phi) is 0.826. The summed E-state index contributed by atoms with van der Waals surface area (Å²) in [4.78, 5) is 0. The molecular formula is C3H5O. The second kappa shape index (κ2) is 0.934. The average molecular weight is 57.1 g/mol. The number of aliphatic hydroxyl groups is 1. The molecule has 0 aromatic rings. The third-order valence-corrected chi connectivity index (χ3v) is 0. The van der Waals surface area contributed by atoms with Crippen molar-refractivity contribution in [2.45, 2.75) is 6.92 Å². The summed E-state index contributed by atoms with van der Waals surface area (Å²) in [5.41, 5.74) is 0. The number of allylic oxidation sites excluding steroid dienone is 1. The highest BCUT2D eigenvalue weighted by molar-refractivity contribution is 4.62. The Labute approximate surface area is 25.6 Å². The van der Waals surface area contributed by atoms with E-state index >= 15 is 0 Å². The zero-order valence-corrected chi connectivity index (χ0v) is 2.52. The molecule has 0 aliphatic carbocycles. The fraction of sp³-hybridized carbons (Fsp3) is 0.333. The van der Waals surface area contributed by atoms with E-state index in [2.05, 4.69) is 6.58 Å². The maximum Gasteiger partial charge on any atom is 0.0892 e. The SMILES string of the molecule is [CH]=C(C)O. The van der Waals surface area contributed by atoms with E-state index in [0.717, 1.165) is 0 Å². The molecule has 0 aromatic heterocycles. The quantitative estimate of drug-likeness (QED) is 0.409. The molecule has 23 valence electrons. The standard InChI is InChI=1S/C3H5O/c1-3(2)4/h1,4H,2H3. The summed E-state index contributed by atoms with van der Waals surface area (Å²) in [6.45, 7) is 6.00. The maximum absolute atomic E-state index is 7.75. The average Bonchev–Trinajstić information content (AvgIpc) is 0.811. The first-order chi connectivity index (χ1) is 1.73. The molecule has 1 heteroatoms. The van der Waals surface area contributed by atoms with Crippen LogP contribution in [0.2, 0.25) is 0 Å². The van der Waals surface area contributed by atoms with Crippen LogP contribution in [-0.2, 0) is 0 Å². The summed E-state index contributed by atoms with van der Waals surface area (Å²) in [5, 5.41) is 7.75. The Morgan fingerprint density at radius 1 is 2.00 bits per heavy atom. The van der Waals surface area contributed by atoms with E-state index in [1.807, 2.05) is 0 Å². The molecule has 0 spiro atoms. The van der Waals surface area contributed by atoms with E-state index in [9.17, 15) is 0 Å². The van der Waals surface area contributed by atoms with Gasteiger partial charge in [-0.05, 0) is 13.5 Å². The van der Waals surface area contributed by atoms with Gasteiger partial charge in [-0.25, -0.2) is 0 Å². The largest absolute Gasteiger partial charge is 0.513 e. The van der Waals surface area contributed by atoms with Gasteiger partial charge in [0.1, 0.15) is 0 Å². The Balaban J connectivity index is 2.80. The normalized spacial score (nSPS) is 6.25. The molecule has 0 rings (SSSR count). The van der Waals surface area contributed by atoms with Crippen molar-refractivity contribution in [2.24, 2.45) is 0 Å². The second-order valence-corrected chi connectivity index (χ2v) is 0.641. The molecule has 0 atom stereocenters. The van der Waals surface area contributed by atoms with Crippen molar-refractivity contribution in [3.63, 3.8) is 0 Å². The summed E-state index contributed by atoms with van der Waals surface area (Å²) in [5.74, 6) is -0.0833. The van der Waals surface area contributed by atoms with E-state index in [1.54, 1.807) is 0 Å². The van der Waals surface area contributed by atoms with Gasteiger partial charge in [-0.15, -0.1) is 0 Å². The van der Waals surface area contributed by atoms with Crippen LogP contribution in [0, 0.1) is 6.58 Å². The third kappa shape index (κ3) is 2.12. The zero-order valence-electron chi connectivity index (χ0n) is 2.52. The van der Waals surface area contributed by atoms with Crippen molar-refractivity contribution in [1.29, 1.82) is 0 Å². The van der Waals surface area contributed by atoms with Gasteiger partial charge in [0.05, 0.1) is 5.76 Å². The van der Waals surface area contributed by atoms with Gasteiger partial charge in [0, 0.05) is 0 Å². The Morgan fingerprint density at radius 3 is 2.00 bits per heavy atom. The van der Waals surface area contributed by atoms with E-state index in [1.165, 1.54) is 6.92 Å². The predicted molar refractivity (Wildman–Crippen MR) is 16.1 cm³/mol. The van der Waals surface area contributed by atoms with Gasteiger partial charge in [-0.3, -0.25) is 0 Å². The van der Waals surface area contributed by atoms with Crippen molar-refractivity contribution < 1.29 is 5.11 Å². The molecule has 4 heavy (non-hydrogen) atoms. The van der Waals surface area contributed by atoms with Crippen LogP contribution >= 0.6 is 0 Å². The fourth-order valence-corrected chi connectivity index (χ4v) is 0. The molecule has 0 heterocycles. The molecule has 1 nitrogen and oxygen atoms in total. The lowest BCUT2D eigenvalue weighted by Crippen LogP contribution is -1.54. The Bertz CT molecular complexity index is 26.3. The number of hydrogen-bond acceptors (Lipinski definition) is 1. The number of rotatable bonds is 0. The van der Waals surface area contributed by atoms with E-state index < -0.39 is 0 Å². The third-order valence-electron chi connectivity index (χ3n) is 0. The summed E-state index contributed by atoms with van der Waals surface area (Å²) in [7, 11) is 0. The smallest absolute Gasteiger partial charge is 0.0892 e. The first kappa shape index (κ1) is 3.54. The predicted octanol–water partition coefficient (Wildman–Crippen LogP) is 0.881. The van der Waals surface area contributed by atoms with Crippen LogP contribution in [0.3, 0.4) is 0 Å². The van der Waals surface area contributed by atoms with Crippen LogP contribution in [0.1, 0.15) is 6.92 Å². The molecular weight excluding hydrogens is 52.0 g/mol. The van der Waals surface area contributed by atoms with Gasteiger partial charge in [0.15, 0.2) is 0 Å². The van der Waals surface area contributed by atoms with Crippen LogP contribution in [0.25, 0.3) is 0 Å². The van der Waals surface area contributed by atoms with Crippen LogP contribution in [0.15, 0.2) is 5.76 Å². The van der Waals surface area contributed by atoms with Crippen LogP contribution in [-0.4, -0.2) is 5.11 Å². The lowest BCUT2D eigenvalue weighted by molar-refractivity contribution is 0.415. The molecule has 0 aliphatic heterocycles. The first-order valence-electron chi connectivity index (χ1n) is 1.01. The van der Waals surface area contributed by atoms with E-state index in [0.29, 0.717) is 0 Å². The Morgan fingerprint density at radius 2 is 2.00 bits per heavy atom. The first-order valence-corrected chi connectivity index (χ1v) is 1.01. The van der Waals surface area contributed by atoms with E-state index in [4.69, 9.17) is 5.11 Å². The van der Waals surface area contributed by atoms with Gasteiger partial charge >= 0.3 is 0 Å². The van der Waals surface area contributed by atoms with Crippen LogP contribution in [0.5, 0.6) is 0 Å². The lowest BCUT2D eigenvalue weighted by atomic mass is 10.7. The molecule has 0 aliphatic rings. The minimum absolute atomic E-state index is 0.0833. The summed E-state index contributed by atoms with van der Waals surface area (Å²) >= 11 is 0. The van der Waals surface area contributed by atoms with Gasteiger partial charge in [-0.2, -0.15) is 0 Å². The second-order valence-electron chi connectivity index (χ2n) is 0.641. The van der Waals surface area contributed by atoms with Crippen molar-refractivity contribution in [3.8, 4) is 0 Å². The highest BCUT2D eigenvalue weighted by Crippen LogP contribution is 1.65. The molecule has 0 fully saturated rings. The summed E-state index contributed by atoms with van der Waals surface area (Å²) in [6, 6.07) is 0. The van der Waals surface area contributed by atoms with Crippen molar-refractivity contribution in [3.05, 3.63) is 12.3 Å². The van der Waals surface area contributed by atoms with Gasteiger partial charge in [0.25, 0.3) is 0 Å². The van der Waals surface area contributed by atoms with Crippen molar-refractivity contribution in [1.82, 2.24) is 0 Å². The molecule has 0 saturated carbocycles. The molecule has 0 bridgehead atoms.